The number of hydrogen-bond acceptors (Lipinski definition) is 4. The van der Waals surface area contributed by atoms with Crippen LogP contribution >= 0.6 is 0 Å². The van der Waals surface area contributed by atoms with Crippen LogP contribution in [0.15, 0.2) is 0 Å². The summed E-state index contributed by atoms with van der Waals surface area (Å²) < 4.78 is 4.86. The van der Waals surface area contributed by atoms with Crippen molar-refractivity contribution in [3.05, 3.63) is 0 Å². The number of hydrogen-bond donors (Lipinski definition) is 1. The van der Waals surface area contributed by atoms with Gasteiger partial charge in [0.2, 0.25) is 5.91 Å². The molecular formula is C15H26N2O3. The Hall–Kier alpha value is -1.10. The van der Waals surface area contributed by atoms with Crippen molar-refractivity contribution in [2.75, 3.05) is 26.7 Å². The maximum absolute atomic E-state index is 12.1. The minimum absolute atomic E-state index is 0.152. The van der Waals surface area contributed by atoms with Gasteiger partial charge in [0.15, 0.2) is 0 Å². The molecule has 0 aromatic rings. The van der Waals surface area contributed by atoms with Crippen LogP contribution in [0, 0.1) is 11.8 Å². The van der Waals surface area contributed by atoms with Gasteiger partial charge in [-0.05, 0) is 38.1 Å². The third-order valence-electron chi connectivity index (χ3n) is 4.19. The molecule has 2 aliphatic rings. The molecule has 114 valence electrons. The van der Waals surface area contributed by atoms with Crippen LogP contribution in [0.1, 0.15) is 39.0 Å². The van der Waals surface area contributed by atoms with Gasteiger partial charge in [-0.2, -0.15) is 0 Å². The molecular weight excluding hydrogens is 256 g/mol. The van der Waals surface area contributed by atoms with Crippen molar-refractivity contribution in [3.8, 4) is 0 Å². The third-order valence-corrected chi connectivity index (χ3v) is 4.19. The van der Waals surface area contributed by atoms with Crippen LogP contribution in [-0.2, 0) is 14.3 Å². The van der Waals surface area contributed by atoms with Gasteiger partial charge >= 0.3 is 5.97 Å². The van der Waals surface area contributed by atoms with Gasteiger partial charge in [0, 0.05) is 25.6 Å². The smallest absolute Gasteiger partial charge is 0.310 e. The van der Waals surface area contributed by atoms with Gasteiger partial charge in [0.25, 0.3) is 0 Å². The Morgan fingerprint density at radius 2 is 2.05 bits per heavy atom. The van der Waals surface area contributed by atoms with Gasteiger partial charge in [-0.15, -0.1) is 0 Å². The molecule has 2 atom stereocenters. The lowest BCUT2D eigenvalue weighted by molar-refractivity contribution is -0.149. The molecule has 1 aliphatic carbocycles. The second-order valence-electron chi connectivity index (χ2n) is 6.05. The molecule has 1 saturated heterocycles. The highest BCUT2D eigenvalue weighted by Crippen LogP contribution is 2.28. The molecule has 2 rings (SSSR count). The fourth-order valence-electron chi connectivity index (χ4n) is 2.82. The van der Waals surface area contributed by atoms with E-state index in [1.165, 1.54) is 20.0 Å². The van der Waals surface area contributed by atoms with Crippen molar-refractivity contribution in [1.82, 2.24) is 10.2 Å². The van der Waals surface area contributed by atoms with Crippen LogP contribution in [0.3, 0.4) is 0 Å². The van der Waals surface area contributed by atoms with Gasteiger partial charge in [0.05, 0.1) is 13.0 Å². The van der Waals surface area contributed by atoms with Gasteiger partial charge in [-0.1, -0.05) is 6.92 Å². The molecule has 1 N–H and O–H groups in total. The average Bonchev–Trinajstić information content (AvgIpc) is 3.28. The van der Waals surface area contributed by atoms with Crippen molar-refractivity contribution < 1.29 is 14.3 Å². The summed E-state index contributed by atoms with van der Waals surface area (Å²) in [5.41, 5.74) is 0. The first kappa shape index (κ1) is 15.3. The Morgan fingerprint density at radius 1 is 1.30 bits per heavy atom. The van der Waals surface area contributed by atoms with Crippen LogP contribution in [0.5, 0.6) is 0 Å². The van der Waals surface area contributed by atoms with Gasteiger partial charge in [0.1, 0.15) is 0 Å². The number of rotatable bonds is 6. The second kappa shape index (κ2) is 7.07. The summed E-state index contributed by atoms with van der Waals surface area (Å²) in [5, 5.41) is 3.52. The van der Waals surface area contributed by atoms with E-state index in [1.807, 2.05) is 11.8 Å². The van der Waals surface area contributed by atoms with Crippen LogP contribution < -0.4 is 5.32 Å². The summed E-state index contributed by atoms with van der Waals surface area (Å²) in [4.78, 5) is 25.7. The average molecular weight is 282 g/mol. The Labute approximate surface area is 121 Å². The van der Waals surface area contributed by atoms with Crippen molar-refractivity contribution in [1.29, 1.82) is 0 Å². The fraction of sp³-hybridized carbons (Fsp3) is 0.867. The zero-order valence-corrected chi connectivity index (χ0v) is 12.6. The first-order valence-corrected chi connectivity index (χ1v) is 7.73. The SMILES string of the molecule is CCCC(=O)N1CC(NCC2CC2)CC(C(=O)OC)C1. The van der Waals surface area contributed by atoms with E-state index in [0.29, 0.717) is 13.0 Å². The number of amides is 1. The lowest BCUT2D eigenvalue weighted by atomic mass is 9.93. The number of carbonyl (C=O) groups is 2. The van der Waals surface area contributed by atoms with E-state index in [-0.39, 0.29) is 23.8 Å². The molecule has 0 aromatic heterocycles. The number of piperidine rings is 1. The number of nitrogens with zero attached hydrogens (tertiary/aromatic N) is 1. The highest BCUT2D eigenvalue weighted by molar-refractivity contribution is 5.78. The molecule has 0 aromatic carbocycles. The Morgan fingerprint density at radius 3 is 2.65 bits per heavy atom. The number of nitrogens with one attached hydrogen (secondary N) is 1. The molecule has 1 amide bonds. The van der Waals surface area contributed by atoms with Gasteiger partial charge < -0.3 is 15.0 Å². The van der Waals surface area contributed by atoms with Crippen molar-refractivity contribution >= 4 is 11.9 Å². The Bertz CT molecular complexity index is 355. The number of likely N-dealkylation sites (tertiary alicyclic amines) is 1. The van der Waals surface area contributed by atoms with E-state index in [9.17, 15) is 9.59 Å². The molecule has 0 spiro atoms. The zero-order chi connectivity index (χ0) is 14.5. The van der Waals surface area contributed by atoms with Crippen LogP contribution in [0.25, 0.3) is 0 Å². The summed E-state index contributed by atoms with van der Waals surface area (Å²) in [6.45, 7) is 4.24. The highest BCUT2D eigenvalue weighted by atomic mass is 16.5. The van der Waals surface area contributed by atoms with E-state index in [0.717, 1.165) is 31.8 Å². The Balaban J connectivity index is 1.93. The number of ether oxygens (including phenoxy) is 1. The third kappa shape index (κ3) is 4.20. The van der Waals surface area contributed by atoms with Gasteiger partial charge in [-0.3, -0.25) is 9.59 Å². The quantitative estimate of drug-likeness (QED) is 0.743. The first-order valence-electron chi connectivity index (χ1n) is 7.73. The zero-order valence-electron chi connectivity index (χ0n) is 12.6. The van der Waals surface area contributed by atoms with E-state index in [4.69, 9.17) is 4.74 Å². The molecule has 20 heavy (non-hydrogen) atoms. The largest absolute Gasteiger partial charge is 0.469 e. The lowest BCUT2D eigenvalue weighted by Gasteiger charge is -2.37. The van der Waals surface area contributed by atoms with Crippen LogP contribution in [0.2, 0.25) is 0 Å². The fourth-order valence-corrected chi connectivity index (χ4v) is 2.82. The van der Waals surface area contributed by atoms with E-state index < -0.39 is 0 Å². The standard InChI is InChI=1S/C15H26N2O3/c1-3-4-14(18)17-9-12(15(19)20-2)7-13(10-17)16-8-11-5-6-11/h11-13,16H,3-10H2,1-2H3. The van der Waals surface area contributed by atoms with Crippen LogP contribution in [0.4, 0.5) is 0 Å². The number of methoxy groups -OCH3 is 1. The predicted molar refractivity (Wildman–Crippen MR) is 76.1 cm³/mol. The van der Waals surface area contributed by atoms with E-state index in [2.05, 4.69) is 5.32 Å². The minimum atomic E-state index is -0.197. The normalized spacial score (nSPS) is 26.4. The molecule has 5 heteroatoms. The predicted octanol–water partition coefficient (Wildman–Crippen LogP) is 1.18. The maximum Gasteiger partial charge on any atom is 0.310 e. The Kier molecular flexibility index (Phi) is 5.40. The molecule has 1 heterocycles. The van der Waals surface area contributed by atoms with Crippen molar-refractivity contribution in [3.63, 3.8) is 0 Å². The molecule has 0 bridgehead atoms. The summed E-state index contributed by atoms with van der Waals surface area (Å²) in [6, 6.07) is 0.217. The highest BCUT2D eigenvalue weighted by Gasteiger charge is 2.34. The van der Waals surface area contributed by atoms with E-state index in [1.54, 1.807) is 0 Å². The lowest BCUT2D eigenvalue weighted by Crippen LogP contribution is -2.53. The summed E-state index contributed by atoms with van der Waals surface area (Å²) in [5.74, 6) is 0.566. The monoisotopic (exact) mass is 282 g/mol. The summed E-state index contributed by atoms with van der Waals surface area (Å²) in [7, 11) is 1.42. The number of carbonyl (C=O) groups excluding carboxylic acids is 2. The molecule has 2 fully saturated rings. The van der Waals surface area contributed by atoms with Crippen molar-refractivity contribution in [2.24, 2.45) is 11.8 Å². The second-order valence-corrected chi connectivity index (χ2v) is 6.05. The maximum atomic E-state index is 12.1. The van der Waals surface area contributed by atoms with E-state index >= 15 is 0 Å². The molecule has 1 aliphatic heterocycles. The molecule has 1 saturated carbocycles. The minimum Gasteiger partial charge on any atom is -0.469 e. The summed E-state index contributed by atoms with van der Waals surface area (Å²) in [6.07, 6.45) is 4.79. The first-order chi connectivity index (χ1) is 9.63. The number of esters is 1. The van der Waals surface area contributed by atoms with Gasteiger partial charge in [-0.25, -0.2) is 0 Å². The summed E-state index contributed by atoms with van der Waals surface area (Å²) >= 11 is 0. The topological polar surface area (TPSA) is 58.6 Å². The molecule has 0 radical (unpaired) electrons. The van der Waals surface area contributed by atoms with Crippen LogP contribution in [-0.4, -0.2) is 49.6 Å². The molecule has 2 unspecified atom stereocenters. The molecule has 5 nitrogen and oxygen atoms in total. The van der Waals surface area contributed by atoms with Crippen molar-refractivity contribution in [2.45, 2.75) is 45.1 Å².